The Bertz CT molecular complexity index is 715. The molecule has 0 fully saturated rings. The van der Waals surface area contributed by atoms with Gasteiger partial charge < -0.3 is 19.5 Å². The van der Waals surface area contributed by atoms with Crippen molar-refractivity contribution in [3.8, 4) is 11.5 Å². The van der Waals surface area contributed by atoms with Gasteiger partial charge in [0, 0.05) is 23.3 Å². The van der Waals surface area contributed by atoms with Gasteiger partial charge in [0.05, 0.1) is 17.7 Å². The van der Waals surface area contributed by atoms with Gasteiger partial charge in [-0.15, -0.1) is 11.3 Å². The normalized spacial score (nSPS) is 14.3. The van der Waals surface area contributed by atoms with E-state index in [1.165, 1.54) is 11.3 Å². The van der Waals surface area contributed by atoms with E-state index in [1.54, 1.807) is 7.11 Å². The Morgan fingerprint density at radius 3 is 2.86 bits per heavy atom. The van der Waals surface area contributed by atoms with E-state index in [4.69, 9.17) is 25.8 Å². The number of nitrogens with one attached hydrogen (secondary N) is 1. The highest BCUT2D eigenvalue weighted by Crippen LogP contribution is 2.43. The molecule has 0 spiro atoms. The minimum Gasteiger partial charge on any atom is -0.454 e. The fourth-order valence-electron chi connectivity index (χ4n) is 2.32. The molecular formula is C15H16ClNO4S. The van der Waals surface area contributed by atoms with Gasteiger partial charge in [-0.1, -0.05) is 18.5 Å². The van der Waals surface area contributed by atoms with Gasteiger partial charge in [0.1, 0.15) is 4.88 Å². The van der Waals surface area contributed by atoms with Crippen molar-refractivity contribution >= 4 is 38.9 Å². The second-order valence-corrected chi connectivity index (χ2v) is 6.41. The first-order valence-corrected chi connectivity index (χ1v) is 8.15. The van der Waals surface area contributed by atoms with Gasteiger partial charge in [-0.3, -0.25) is 4.79 Å². The number of fused-ring (bicyclic) bond motifs is 2. The molecule has 1 unspecified atom stereocenters. The summed E-state index contributed by atoms with van der Waals surface area (Å²) < 4.78 is 16.7. The standard InChI is InChI=1S/C15H16ClNO4S/c1-3-8(6-19-2)17-15(18)14-13(16)9-4-10-11(21-7-20-10)5-12(9)22-14/h4-5,8H,3,6-7H2,1-2H3,(H,17,18). The largest absolute Gasteiger partial charge is 0.454 e. The number of thiophene rings is 1. The van der Waals surface area contributed by atoms with E-state index < -0.39 is 0 Å². The lowest BCUT2D eigenvalue weighted by Gasteiger charge is -2.15. The summed E-state index contributed by atoms with van der Waals surface area (Å²) in [5, 5.41) is 4.20. The van der Waals surface area contributed by atoms with Crippen LogP contribution in [0.4, 0.5) is 0 Å². The Hall–Kier alpha value is -1.50. The lowest BCUT2D eigenvalue weighted by molar-refractivity contribution is 0.0899. The fraction of sp³-hybridized carbons (Fsp3) is 0.400. The van der Waals surface area contributed by atoms with Crippen LogP contribution in [0.15, 0.2) is 12.1 Å². The molecule has 3 rings (SSSR count). The van der Waals surface area contributed by atoms with Crippen molar-refractivity contribution in [2.45, 2.75) is 19.4 Å². The van der Waals surface area contributed by atoms with Crippen molar-refractivity contribution in [3.05, 3.63) is 22.0 Å². The minimum absolute atomic E-state index is 0.0320. The summed E-state index contributed by atoms with van der Waals surface area (Å²) >= 11 is 7.73. The van der Waals surface area contributed by atoms with E-state index in [-0.39, 0.29) is 18.7 Å². The molecule has 22 heavy (non-hydrogen) atoms. The molecule has 2 aromatic rings. The molecule has 1 aliphatic heterocycles. The number of halogens is 1. The molecule has 2 heterocycles. The van der Waals surface area contributed by atoms with Crippen LogP contribution >= 0.6 is 22.9 Å². The lowest BCUT2D eigenvalue weighted by atomic mass is 10.2. The summed E-state index contributed by atoms with van der Waals surface area (Å²) in [6.07, 6.45) is 0.790. The molecule has 0 radical (unpaired) electrons. The number of benzene rings is 1. The first kappa shape index (κ1) is 15.4. The van der Waals surface area contributed by atoms with Crippen molar-refractivity contribution < 1.29 is 19.0 Å². The number of carbonyl (C=O) groups is 1. The zero-order valence-corrected chi connectivity index (χ0v) is 13.8. The molecule has 1 N–H and O–H groups in total. The number of ether oxygens (including phenoxy) is 3. The first-order valence-electron chi connectivity index (χ1n) is 6.95. The number of amides is 1. The molecule has 5 nitrogen and oxygen atoms in total. The smallest absolute Gasteiger partial charge is 0.263 e. The molecule has 0 bridgehead atoms. The molecular weight excluding hydrogens is 326 g/mol. The van der Waals surface area contributed by atoms with Gasteiger partial charge in [-0.25, -0.2) is 0 Å². The summed E-state index contributed by atoms with van der Waals surface area (Å²) in [5.74, 6) is 1.16. The number of carbonyl (C=O) groups excluding carboxylic acids is 1. The monoisotopic (exact) mass is 341 g/mol. The zero-order valence-electron chi connectivity index (χ0n) is 12.3. The van der Waals surface area contributed by atoms with Gasteiger partial charge in [0.15, 0.2) is 11.5 Å². The second kappa shape index (κ2) is 6.32. The summed E-state index contributed by atoms with van der Waals surface area (Å²) in [6.45, 7) is 2.68. The third-order valence-electron chi connectivity index (χ3n) is 3.52. The van der Waals surface area contributed by atoms with Crippen LogP contribution in [0.3, 0.4) is 0 Å². The molecule has 1 aromatic heterocycles. The first-order chi connectivity index (χ1) is 10.6. The third-order valence-corrected chi connectivity index (χ3v) is 5.18. The van der Waals surface area contributed by atoms with Crippen LogP contribution in [0, 0.1) is 0 Å². The van der Waals surface area contributed by atoms with E-state index in [0.29, 0.717) is 28.0 Å². The van der Waals surface area contributed by atoms with Crippen molar-refractivity contribution in [2.24, 2.45) is 0 Å². The van der Waals surface area contributed by atoms with Gasteiger partial charge in [0.2, 0.25) is 6.79 Å². The molecule has 0 saturated heterocycles. The zero-order chi connectivity index (χ0) is 15.7. The van der Waals surface area contributed by atoms with E-state index in [0.717, 1.165) is 16.5 Å². The van der Waals surface area contributed by atoms with Crippen molar-refractivity contribution in [3.63, 3.8) is 0 Å². The van der Waals surface area contributed by atoms with E-state index >= 15 is 0 Å². The fourth-order valence-corrected chi connectivity index (χ4v) is 3.74. The van der Waals surface area contributed by atoms with Crippen molar-refractivity contribution in [1.82, 2.24) is 5.32 Å². The number of hydrogen-bond acceptors (Lipinski definition) is 5. The topological polar surface area (TPSA) is 56.8 Å². The SMILES string of the molecule is CCC(COC)NC(=O)c1sc2cc3c(cc2c1Cl)OCO3. The second-order valence-electron chi connectivity index (χ2n) is 4.98. The van der Waals surface area contributed by atoms with Crippen molar-refractivity contribution in [2.75, 3.05) is 20.5 Å². The van der Waals surface area contributed by atoms with Crippen molar-refractivity contribution in [1.29, 1.82) is 0 Å². The highest BCUT2D eigenvalue weighted by molar-refractivity contribution is 7.21. The average Bonchev–Trinajstić information content (AvgIpc) is 3.09. The minimum atomic E-state index is -0.183. The molecule has 118 valence electrons. The summed E-state index contributed by atoms with van der Waals surface area (Å²) in [4.78, 5) is 12.9. The molecule has 7 heteroatoms. The predicted molar refractivity (Wildman–Crippen MR) is 86.4 cm³/mol. The van der Waals surface area contributed by atoms with Gasteiger partial charge in [0.25, 0.3) is 5.91 Å². The highest BCUT2D eigenvalue weighted by Gasteiger charge is 2.23. The molecule has 1 aromatic carbocycles. The van der Waals surface area contributed by atoms with Crippen LogP contribution in [0.25, 0.3) is 10.1 Å². The lowest BCUT2D eigenvalue weighted by Crippen LogP contribution is -2.37. The van der Waals surface area contributed by atoms with Gasteiger partial charge >= 0.3 is 0 Å². The summed E-state index contributed by atoms with van der Waals surface area (Å²) in [6, 6.07) is 3.65. The van der Waals surface area contributed by atoms with E-state index in [2.05, 4.69) is 5.32 Å². The highest BCUT2D eigenvalue weighted by atomic mass is 35.5. The van der Waals surface area contributed by atoms with Gasteiger partial charge in [-0.05, 0) is 12.5 Å². The van der Waals surface area contributed by atoms with Crippen LogP contribution in [0.2, 0.25) is 5.02 Å². The number of hydrogen-bond donors (Lipinski definition) is 1. The molecule has 0 saturated carbocycles. The third kappa shape index (κ3) is 2.74. The molecule has 1 amide bonds. The molecule has 1 atom stereocenters. The maximum Gasteiger partial charge on any atom is 0.263 e. The Morgan fingerprint density at radius 2 is 2.18 bits per heavy atom. The number of methoxy groups -OCH3 is 1. The maximum atomic E-state index is 12.4. The maximum absolute atomic E-state index is 12.4. The summed E-state index contributed by atoms with van der Waals surface area (Å²) in [5.41, 5.74) is 0. The Morgan fingerprint density at radius 1 is 1.45 bits per heavy atom. The Balaban J connectivity index is 1.91. The summed E-state index contributed by atoms with van der Waals surface area (Å²) in [7, 11) is 1.61. The number of rotatable bonds is 5. The molecule has 0 aliphatic carbocycles. The van der Waals surface area contributed by atoms with E-state index in [1.807, 2.05) is 19.1 Å². The average molecular weight is 342 g/mol. The van der Waals surface area contributed by atoms with Crippen LogP contribution in [-0.4, -0.2) is 32.5 Å². The van der Waals surface area contributed by atoms with E-state index in [9.17, 15) is 4.79 Å². The Kier molecular flexibility index (Phi) is 4.42. The van der Waals surface area contributed by atoms with Crippen LogP contribution < -0.4 is 14.8 Å². The quantitative estimate of drug-likeness (QED) is 0.905. The van der Waals surface area contributed by atoms with Crippen LogP contribution in [-0.2, 0) is 4.74 Å². The molecule has 1 aliphatic rings. The van der Waals surface area contributed by atoms with Crippen LogP contribution in [0.1, 0.15) is 23.0 Å². The Labute approximate surface area is 137 Å². The van der Waals surface area contributed by atoms with Gasteiger partial charge in [-0.2, -0.15) is 0 Å². The van der Waals surface area contributed by atoms with Crippen LogP contribution in [0.5, 0.6) is 11.5 Å². The predicted octanol–water partition coefficient (Wildman–Crippen LogP) is 3.44.